The van der Waals surface area contributed by atoms with Crippen molar-refractivity contribution in [3.8, 4) is 0 Å². The van der Waals surface area contributed by atoms with Gasteiger partial charge in [-0.3, -0.25) is 14.4 Å². The summed E-state index contributed by atoms with van der Waals surface area (Å²) in [5, 5.41) is 11.4. The van der Waals surface area contributed by atoms with Crippen molar-refractivity contribution in [3.05, 3.63) is 0 Å². The highest BCUT2D eigenvalue weighted by Gasteiger charge is 2.62. The predicted octanol–water partition coefficient (Wildman–Crippen LogP) is 6.07. The first kappa shape index (κ1) is 33.3. The maximum atomic E-state index is 14.6. The van der Waals surface area contributed by atoms with E-state index in [-0.39, 0.29) is 25.4 Å². The van der Waals surface area contributed by atoms with Crippen LogP contribution in [0.3, 0.4) is 0 Å². The highest BCUT2D eigenvalue weighted by molar-refractivity contribution is 5.85. The van der Waals surface area contributed by atoms with E-state index in [0.717, 1.165) is 69.6 Å². The molecule has 4 atom stereocenters. The van der Waals surface area contributed by atoms with Crippen LogP contribution < -0.4 is 0 Å². The number of hydrogen-bond donors (Lipinski definition) is 1. The van der Waals surface area contributed by atoms with Crippen molar-refractivity contribution in [3.63, 3.8) is 0 Å². The molecular formula is C38H56O9. The lowest BCUT2D eigenvalue weighted by Gasteiger charge is -2.60. The first-order valence-corrected chi connectivity index (χ1v) is 18.4. The minimum atomic E-state index is -1.27. The maximum Gasteiger partial charge on any atom is 0.347 e. The Bertz CT molecular complexity index is 1290. The van der Waals surface area contributed by atoms with Gasteiger partial charge in [0, 0.05) is 12.8 Å². The molecule has 47 heavy (non-hydrogen) atoms. The van der Waals surface area contributed by atoms with Gasteiger partial charge in [0.15, 0.2) is 0 Å². The molecule has 0 aromatic heterocycles. The third-order valence-electron chi connectivity index (χ3n) is 13.8. The summed E-state index contributed by atoms with van der Waals surface area (Å²) < 4.78 is 23.7. The van der Waals surface area contributed by atoms with Crippen molar-refractivity contribution in [2.45, 2.75) is 154 Å². The van der Waals surface area contributed by atoms with Crippen molar-refractivity contribution in [2.24, 2.45) is 51.8 Å². The molecule has 9 nitrogen and oxygen atoms in total. The molecule has 1 heterocycles. The van der Waals surface area contributed by atoms with Crippen LogP contribution in [0.1, 0.15) is 131 Å². The quantitative estimate of drug-likeness (QED) is 0.220. The minimum absolute atomic E-state index is 0.0508. The van der Waals surface area contributed by atoms with Gasteiger partial charge in [0.25, 0.3) is 0 Å². The minimum Gasteiger partial charge on any atom is -0.463 e. The number of cyclic esters (lactones) is 1. The molecule has 9 rings (SSSR count). The summed E-state index contributed by atoms with van der Waals surface area (Å²) in [5.74, 6) is 0.953. The standard InChI is InChI=1S/C38H56O9/c1-33(2,30(40)45-28-7-8-44-29(28)39)19-35(5,32(42)47-38-17-24-10-25(18-38)16-37(43,15-24)21-38)20-34(3,4)31(41)46-36(6)26-11-22-9-23(13-26)14-27(36)12-22/h22-28,43H,7-21H2,1-6H3. The van der Waals surface area contributed by atoms with E-state index < -0.39 is 57.1 Å². The van der Waals surface area contributed by atoms with Crippen molar-refractivity contribution >= 4 is 23.9 Å². The average molecular weight is 657 g/mol. The topological polar surface area (TPSA) is 125 Å². The zero-order chi connectivity index (χ0) is 33.8. The molecule has 9 aliphatic rings. The molecule has 262 valence electrons. The summed E-state index contributed by atoms with van der Waals surface area (Å²) in [6.07, 6.45) is 9.73. The zero-order valence-corrected chi connectivity index (χ0v) is 29.4. The van der Waals surface area contributed by atoms with Gasteiger partial charge in [0.05, 0.1) is 28.5 Å². The molecule has 8 aliphatic carbocycles. The Balaban J connectivity index is 1.13. The smallest absolute Gasteiger partial charge is 0.347 e. The molecule has 0 aromatic rings. The molecule has 1 N–H and O–H groups in total. The Morgan fingerprint density at radius 2 is 1.30 bits per heavy atom. The molecule has 9 fully saturated rings. The second-order valence-electron chi connectivity index (χ2n) is 19.2. The summed E-state index contributed by atoms with van der Waals surface area (Å²) in [5.41, 5.74) is -5.56. The van der Waals surface area contributed by atoms with Gasteiger partial charge in [-0.25, -0.2) is 4.79 Å². The molecule has 1 aliphatic heterocycles. The first-order chi connectivity index (χ1) is 21.8. The van der Waals surface area contributed by atoms with Gasteiger partial charge < -0.3 is 24.1 Å². The normalized spacial score (nSPS) is 43.0. The van der Waals surface area contributed by atoms with Crippen LogP contribution in [0.2, 0.25) is 0 Å². The second kappa shape index (κ2) is 10.9. The fourth-order valence-corrected chi connectivity index (χ4v) is 12.4. The number of carbonyl (C=O) groups excluding carboxylic acids is 4. The molecule has 0 aromatic carbocycles. The summed E-state index contributed by atoms with van der Waals surface area (Å²) in [7, 11) is 0. The highest BCUT2D eigenvalue weighted by atomic mass is 16.6. The lowest BCUT2D eigenvalue weighted by atomic mass is 9.50. The van der Waals surface area contributed by atoms with Crippen LogP contribution in [-0.4, -0.2) is 58.5 Å². The number of esters is 4. The van der Waals surface area contributed by atoms with Gasteiger partial charge >= 0.3 is 23.9 Å². The van der Waals surface area contributed by atoms with E-state index in [1.165, 1.54) is 6.42 Å². The predicted molar refractivity (Wildman–Crippen MR) is 170 cm³/mol. The van der Waals surface area contributed by atoms with Gasteiger partial charge in [-0.2, -0.15) is 0 Å². The molecular weight excluding hydrogens is 600 g/mol. The number of ether oxygens (including phenoxy) is 4. The third kappa shape index (κ3) is 5.92. The van der Waals surface area contributed by atoms with Crippen molar-refractivity contribution in [1.82, 2.24) is 0 Å². The van der Waals surface area contributed by atoms with Crippen LogP contribution >= 0.6 is 0 Å². The monoisotopic (exact) mass is 656 g/mol. The molecule has 8 bridgehead atoms. The molecule has 8 saturated carbocycles. The Hall–Kier alpha value is -2.16. The van der Waals surface area contributed by atoms with E-state index >= 15 is 0 Å². The SMILES string of the molecule is CC(C)(CC(C)(CC(C)(C)C(=O)OC1(C)C2CC3CC(C2)CC1C3)C(=O)OC12CC3CC(CC(O)(C3)C1)C2)C(=O)OC1CCOC1=O. The van der Waals surface area contributed by atoms with Gasteiger partial charge in [-0.15, -0.1) is 0 Å². The number of carbonyl (C=O) groups is 4. The van der Waals surface area contributed by atoms with E-state index in [2.05, 4.69) is 6.92 Å². The Morgan fingerprint density at radius 1 is 0.766 bits per heavy atom. The third-order valence-corrected chi connectivity index (χ3v) is 13.8. The molecule has 9 heteroatoms. The lowest BCUT2D eigenvalue weighted by molar-refractivity contribution is -0.229. The number of aliphatic hydroxyl groups is 1. The van der Waals surface area contributed by atoms with Crippen LogP contribution in [0, 0.1) is 51.8 Å². The van der Waals surface area contributed by atoms with Gasteiger partial charge in [0.2, 0.25) is 6.10 Å². The lowest BCUT2D eigenvalue weighted by Crippen LogP contribution is -2.61. The fraction of sp³-hybridized carbons (Fsp3) is 0.895. The second-order valence-corrected chi connectivity index (χ2v) is 19.2. The highest BCUT2D eigenvalue weighted by Crippen LogP contribution is 2.61. The number of hydrogen-bond acceptors (Lipinski definition) is 9. The fourth-order valence-electron chi connectivity index (χ4n) is 12.4. The summed E-state index contributed by atoms with van der Waals surface area (Å²) in [6.45, 7) is 11.2. The maximum absolute atomic E-state index is 14.6. The van der Waals surface area contributed by atoms with Crippen molar-refractivity contribution in [1.29, 1.82) is 0 Å². The summed E-state index contributed by atoms with van der Waals surface area (Å²) in [4.78, 5) is 54.5. The zero-order valence-electron chi connectivity index (χ0n) is 29.4. The van der Waals surface area contributed by atoms with E-state index in [1.807, 2.05) is 13.8 Å². The summed E-state index contributed by atoms with van der Waals surface area (Å²) >= 11 is 0. The van der Waals surface area contributed by atoms with Crippen molar-refractivity contribution in [2.75, 3.05) is 6.61 Å². The van der Waals surface area contributed by atoms with E-state index in [1.54, 1.807) is 20.8 Å². The van der Waals surface area contributed by atoms with Crippen LogP contribution in [0.5, 0.6) is 0 Å². The van der Waals surface area contributed by atoms with Crippen LogP contribution in [0.25, 0.3) is 0 Å². The molecule has 0 spiro atoms. The van der Waals surface area contributed by atoms with Gasteiger partial charge in [-0.05, 0) is 154 Å². The first-order valence-electron chi connectivity index (χ1n) is 18.4. The molecule has 0 amide bonds. The van der Waals surface area contributed by atoms with Crippen LogP contribution in [0.15, 0.2) is 0 Å². The summed E-state index contributed by atoms with van der Waals surface area (Å²) in [6, 6.07) is 0. The van der Waals surface area contributed by atoms with E-state index in [0.29, 0.717) is 36.5 Å². The molecule has 0 radical (unpaired) electrons. The Kier molecular flexibility index (Phi) is 7.75. The van der Waals surface area contributed by atoms with Gasteiger partial charge in [-0.1, -0.05) is 0 Å². The van der Waals surface area contributed by atoms with Crippen LogP contribution in [-0.2, 0) is 38.1 Å². The van der Waals surface area contributed by atoms with Gasteiger partial charge in [0.1, 0.15) is 11.2 Å². The van der Waals surface area contributed by atoms with Crippen molar-refractivity contribution < 1.29 is 43.2 Å². The molecule has 4 unspecified atom stereocenters. The largest absolute Gasteiger partial charge is 0.463 e. The van der Waals surface area contributed by atoms with E-state index in [9.17, 15) is 24.3 Å². The molecule has 1 saturated heterocycles. The van der Waals surface area contributed by atoms with E-state index in [4.69, 9.17) is 18.9 Å². The Morgan fingerprint density at radius 3 is 1.81 bits per heavy atom. The number of rotatable bonds is 10. The average Bonchev–Trinajstić information content (AvgIpc) is 3.33. The Labute approximate surface area is 279 Å². The van der Waals surface area contributed by atoms with Crippen LogP contribution in [0.4, 0.5) is 0 Å².